The molecule has 2 rings (SSSR count). The van der Waals surface area contributed by atoms with Gasteiger partial charge >= 0.3 is 0 Å². The summed E-state index contributed by atoms with van der Waals surface area (Å²) in [6.45, 7) is 8.70. The summed E-state index contributed by atoms with van der Waals surface area (Å²) in [7, 11) is -11.0. The van der Waals surface area contributed by atoms with E-state index in [1.807, 2.05) is 6.07 Å². The van der Waals surface area contributed by atoms with Gasteiger partial charge in [0.25, 0.3) is 10.1 Å². The summed E-state index contributed by atoms with van der Waals surface area (Å²) >= 11 is 0. The predicted molar refractivity (Wildman–Crippen MR) is 149 cm³/mol. The van der Waals surface area contributed by atoms with Crippen LogP contribution in [0.15, 0.2) is 62.2 Å². The van der Waals surface area contributed by atoms with Gasteiger partial charge in [0.15, 0.2) is 25.5 Å². The minimum Gasteiger partial charge on any atom is -0.385 e. The number of nitriles is 1. The normalized spacial score (nSPS) is 12.2. The molecule has 0 aliphatic heterocycles. The standard InChI is InChI=1S/C23H28N6O8S3/c1-5-38(30,31)13-11-26-23-21(16(3)18(15-24)22(27-23)25-10-7-12-37-4)29-28-19-9-8-17(39(32,33)6-2)14-20(19)40(34,35)36/h5-6,8-9,14H,1-2,7,10-13H2,3-4H3,(H2,25,26,27)(H,34,35,36). The number of hydrogen-bond acceptors (Lipinski definition) is 13. The van der Waals surface area contributed by atoms with E-state index in [4.69, 9.17) is 4.74 Å². The fraction of sp³-hybridized carbons (Fsp3) is 0.304. The van der Waals surface area contributed by atoms with E-state index in [9.17, 15) is 35.1 Å². The lowest BCUT2D eigenvalue weighted by atomic mass is 10.1. The second-order valence-corrected chi connectivity index (χ2v) is 13.4. The minimum absolute atomic E-state index is 0.0213. The topological polar surface area (TPSA) is 217 Å². The summed E-state index contributed by atoms with van der Waals surface area (Å²) in [4.78, 5) is 3.08. The van der Waals surface area contributed by atoms with E-state index in [1.165, 1.54) is 6.92 Å². The van der Waals surface area contributed by atoms with E-state index in [0.717, 1.165) is 17.5 Å². The number of azo groups is 1. The molecule has 3 N–H and O–H groups in total. The molecule has 14 nitrogen and oxygen atoms in total. The van der Waals surface area contributed by atoms with Crippen molar-refractivity contribution in [1.29, 1.82) is 5.26 Å². The maximum Gasteiger partial charge on any atom is 0.296 e. The highest BCUT2D eigenvalue weighted by Gasteiger charge is 2.22. The summed E-state index contributed by atoms with van der Waals surface area (Å²) in [5.74, 6) is -0.133. The minimum atomic E-state index is -4.95. The Bertz CT molecular complexity index is 1680. The highest BCUT2D eigenvalue weighted by molar-refractivity contribution is 7.94. The van der Waals surface area contributed by atoms with E-state index < -0.39 is 45.3 Å². The van der Waals surface area contributed by atoms with E-state index >= 15 is 0 Å². The summed E-state index contributed by atoms with van der Waals surface area (Å²) < 4.78 is 86.6. The van der Waals surface area contributed by atoms with Crippen LogP contribution < -0.4 is 10.6 Å². The Balaban J connectivity index is 2.66. The van der Waals surface area contributed by atoms with Gasteiger partial charge in [-0.2, -0.15) is 13.7 Å². The van der Waals surface area contributed by atoms with Crippen LogP contribution in [0.2, 0.25) is 0 Å². The Labute approximate surface area is 233 Å². The van der Waals surface area contributed by atoms with Crippen molar-refractivity contribution >= 4 is 52.8 Å². The van der Waals surface area contributed by atoms with Crippen LogP contribution in [-0.2, 0) is 34.5 Å². The molecule has 0 aliphatic rings. The van der Waals surface area contributed by atoms with Crippen molar-refractivity contribution in [2.45, 2.75) is 23.1 Å². The molecule has 0 fully saturated rings. The number of methoxy groups -OCH3 is 1. The summed E-state index contributed by atoms with van der Waals surface area (Å²) in [6.07, 6.45) is 0.597. The molecule has 0 atom stereocenters. The average Bonchev–Trinajstić information content (AvgIpc) is 2.90. The number of ether oxygens (including phenoxy) is 1. The Kier molecular flexibility index (Phi) is 11.0. The van der Waals surface area contributed by atoms with Crippen molar-refractivity contribution in [2.24, 2.45) is 10.2 Å². The van der Waals surface area contributed by atoms with Crippen LogP contribution in [0.25, 0.3) is 0 Å². The number of nitrogens with zero attached hydrogens (tertiary/aromatic N) is 4. The van der Waals surface area contributed by atoms with Gasteiger partial charge in [-0.15, -0.1) is 10.2 Å². The Morgan fingerprint density at radius 1 is 1.07 bits per heavy atom. The van der Waals surface area contributed by atoms with Gasteiger partial charge in [-0.25, -0.2) is 21.8 Å². The van der Waals surface area contributed by atoms with Crippen molar-refractivity contribution in [3.63, 3.8) is 0 Å². The first-order valence-electron chi connectivity index (χ1n) is 11.4. The molecule has 17 heteroatoms. The molecule has 0 saturated heterocycles. The zero-order chi connectivity index (χ0) is 30.1. The zero-order valence-corrected chi connectivity index (χ0v) is 24.1. The molecular formula is C23H28N6O8S3. The van der Waals surface area contributed by atoms with Gasteiger partial charge < -0.3 is 15.4 Å². The van der Waals surface area contributed by atoms with Crippen molar-refractivity contribution in [2.75, 3.05) is 43.2 Å². The van der Waals surface area contributed by atoms with Crippen LogP contribution in [0.4, 0.5) is 23.0 Å². The van der Waals surface area contributed by atoms with E-state index in [0.29, 0.717) is 31.0 Å². The third-order valence-electron chi connectivity index (χ3n) is 5.29. The fourth-order valence-corrected chi connectivity index (χ4v) is 5.19. The molecule has 0 saturated carbocycles. The number of hydrogen-bond donors (Lipinski definition) is 3. The largest absolute Gasteiger partial charge is 0.385 e. The lowest BCUT2D eigenvalue weighted by Crippen LogP contribution is -2.16. The van der Waals surface area contributed by atoms with E-state index in [-0.39, 0.29) is 40.7 Å². The van der Waals surface area contributed by atoms with Crippen molar-refractivity contribution in [1.82, 2.24) is 4.98 Å². The number of nitrogens with one attached hydrogen (secondary N) is 2. The monoisotopic (exact) mass is 612 g/mol. The number of anilines is 2. The zero-order valence-electron chi connectivity index (χ0n) is 21.7. The average molecular weight is 613 g/mol. The van der Waals surface area contributed by atoms with Crippen molar-refractivity contribution in [3.8, 4) is 6.07 Å². The van der Waals surface area contributed by atoms with Gasteiger partial charge in [0, 0.05) is 43.2 Å². The first-order valence-corrected chi connectivity index (χ1v) is 16.1. The van der Waals surface area contributed by atoms with Crippen LogP contribution in [0.5, 0.6) is 0 Å². The van der Waals surface area contributed by atoms with Crippen LogP contribution in [0, 0.1) is 18.3 Å². The first-order chi connectivity index (χ1) is 18.7. The van der Waals surface area contributed by atoms with Crippen LogP contribution in [0.3, 0.4) is 0 Å². The number of pyridine rings is 1. The molecule has 0 unspecified atom stereocenters. The molecule has 2 aromatic rings. The number of benzene rings is 1. The predicted octanol–water partition coefficient (Wildman–Crippen LogP) is 3.26. The molecule has 1 aromatic heterocycles. The van der Waals surface area contributed by atoms with Crippen LogP contribution in [0.1, 0.15) is 17.5 Å². The summed E-state index contributed by atoms with van der Waals surface area (Å²) in [5.41, 5.74) is -0.0775. The summed E-state index contributed by atoms with van der Waals surface area (Å²) in [6, 6.07) is 4.80. The van der Waals surface area contributed by atoms with Crippen molar-refractivity contribution in [3.05, 3.63) is 53.3 Å². The number of rotatable bonds is 15. The van der Waals surface area contributed by atoms with Gasteiger partial charge in [0.2, 0.25) is 0 Å². The lowest BCUT2D eigenvalue weighted by molar-refractivity contribution is 0.197. The number of aromatic nitrogens is 1. The Morgan fingerprint density at radius 3 is 2.33 bits per heavy atom. The molecule has 0 radical (unpaired) electrons. The molecule has 216 valence electrons. The van der Waals surface area contributed by atoms with E-state index in [2.05, 4.69) is 39.0 Å². The van der Waals surface area contributed by atoms with Crippen LogP contribution in [-0.4, -0.2) is 67.3 Å². The molecule has 1 heterocycles. The second-order valence-electron chi connectivity index (χ2n) is 8.02. The smallest absolute Gasteiger partial charge is 0.296 e. The van der Waals surface area contributed by atoms with Gasteiger partial charge in [-0.05, 0) is 31.5 Å². The lowest BCUT2D eigenvalue weighted by Gasteiger charge is -2.15. The second kappa shape index (κ2) is 13.6. The maximum absolute atomic E-state index is 12.1. The maximum atomic E-state index is 12.1. The SMILES string of the molecule is C=CS(=O)(=O)CCNc1nc(NCCCOC)c(C#N)c(C)c1N=Nc1ccc(S(=O)(=O)C=C)cc1S(=O)(=O)O. The van der Waals surface area contributed by atoms with Crippen LogP contribution >= 0.6 is 0 Å². The Morgan fingerprint density at radius 2 is 1.75 bits per heavy atom. The molecule has 0 bridgehead atoms. The Hall–Kier alpha value is -3.69. The van der Waals surface area contributed by atoms with E-state index in [1.54, 1.807) is 7.11 Å². The molecule has 0 aliphatic carbocycles. The first kappa shape index (κ1) is 32.5. The number of sulfone groups is 2. The van der Waals surface area contributed by atoms with Gasteiger partial charge in [-0.3, -0.25) is 4.55 Å². The highest BCUT2D eigenvalue weighted by Crippen LogP contribution is 2.36. The van der Waals surface area contributed by atoms with Crippen molar-refractivity contribution < 1.29 is 34.5 Å². The third kappa shape index (κ3) is 8.40. The molecule has 0 amide bonds. The molecular weight excluding hydrogens is 584 g/mol. The van der Waals surface area contributed by atoms with Gasteiger partial charge in [-0.1, -0.05) is 13.2 Å². The highest BCUT2D eigenvalue weighted by atomic mass is 32.2. The summed E-state index contributed by atoms with van der Waals surface area (Å²) in [5, 5.41) is 25.0. The van der Waals surface area contributed by atoms with Gasteiger partial charge in [0.05, 0.1) is 16.2 Å². The third-order valence-corrected chi connectivity index (χ3v) is 8.81. The fourth-order valence-electron chi connectivity index (χ4n) is 3.18. The molecule has 1 aromatic carbocycles. The molecule has 40 heavy (non-hydrogen) atoms. The van der Waals surface area contributed by atoms with Gasteiger partial charge in [0.1, 0.15) is 28.2 Å². The quantitative estimate of drug-likeness (QED) is 0.150. The molecule has 0 spiro atoms.